The number of carboxylic acid groups (broad SMARTS) is 1. The van der Waals surface area contributed by atoms with E-state index in [1.54, 1.807) is 10.9 Å². The van der Waals surface area contributed by atoms with Crippen LogP contribution in [0.3, 0.4) is 0 Å². The summed E-state index contributed by atoms with van der Waals surface area (Å²) >= 11 is 0. The zero-order valence-electron chi connectivity index (χ0n) is 21.8. The highest BCUT2D eigenvalue weighted by atomic mass is 16.5. The topological polar surface area (TPSA) is 93.4 Å². The Labute approximate surface area is 216 Å². The van der Waals surface area contributed by atoms with Crippen LogP contribution in [0.15, 0.2) is 48.8 Å². The van der Waals surface area contributed by atoms with Gasteiger partial charge in [0.05, 0.1) is 18.1 Å². The summed E-state index contributed by atoms with van der Waals surface area (Å²) in [5.74, 6) is -0.254. The van der Waals surface area contributed by atoms with Gasteiger partial charge in [-0.15, -0.1) is 5.10 Å². The van der Waals surface area contributed by atoms with Gasteiger partial charge in [0.15, 0.2) is 0 Å². The number of carboxylic acids is 1. The number of hydrogen-bond acceptors (Lipinski definition) is 6. The lowest BCUT2D eigenvalue weighted by molar-refractivity contribution is -0.137. The fourth-order valence-electron chi connectivity index (χ4n) is 5.32. The summed E-state index contributed by atoms with van der Waals surface area (Å²) in [6, 6.07) is 12.4. The predicted molar refractivity (Wildman–Crippen MR) is 142 cm³/mol. The molecule has 0 bridgehead atoms. The van der Waals surface area contributed by atoms with Crippen LogP contribution in [0.5, 0.6) is 5.75 Å². The van der Waals surface area contributed by atoms with E-state index in [9.17, 15) is 9.90 Å². The molecule has 2 aromatic carbocycles. The van der Waals surface area contributed by atoms with Crippen molar-refractivity contribution < 1.29 is 14.6 Å². The summed E-state index contributed by atoms with van der Waals surface area (Å²) in [6.45, 7) is 8.61. The maximum absolute atomic E-state index is 12.0. The van der Waals surface area contributed by atoms with Gasteiger partial charge in [-0.2, -0.15) is 0 Å². The highest BCUT2D eigenvalue weighted by Gasteiger charge is 2.25. The average molecular weight is 500 g/mol. The van der Waals surface area contributed by atoms with Gasteiger partial charge >= 0.3 is 5.97 Å². The Morgan fingerprint density at radius 2 is 2.05 bits per heavy atom. The van der Waals surface area contributed by atoms with Gasteiger partial charge < -0.3 is 9.84 Å². The average Bonchev–Trinajstić information content (AvgIpc) is 3.16. The first-order valence-corrected chi connectivity index (χ1v) is 12.8. The molecule has 0 spiro atoms. The highest BCUT2D eigenvalue weighted by Crippen LogP contribution is 2.35. The molecule has 2 atom stereocenters. The second kappa shape index (κ2) is 10.3. The lowest BCUT2D eigenvalue weighted by atomic mass is 9.84. The summed E-state index contributed by atoms with van der Waals surface area (Å²) in [6.07, 6.45) is 4.63. The van der Waals surface area contributed by atoms with Crippen molar-refractivity contribution in [2.75, 3.05) is 6.54 Å². The standard InChI is InChI=1S/C29H33N5O3/c1-5-23-17-34(15-21-10-11-30-14-27(21)37-23)16-22-12-20(7-6-18(22)2)25(13-28(35)36)24-8-9-26-29(19(24)3)31-32-33(26)4/h6-12,14,23,25H,5,13,15-17H2,1-4H3,(H,35,36). The van der Waals surface area contributed by atoms with Crippen LogP contribution >= 0.6 is 0 Å². The zero-order valence-corrected chi connectivity index (χ0v) is 21.8. The third kappa shape index (κ3) is 5.06. The van der Waals surface area contributed by atoms with E-state index < -0.39 is 5.97 Å². The number of hydrogen-bond donors (Lipinski definition) is 1. The molecular weight excluding hydrogens is 466 g/mol. The van der Waals surface area contributed by atoms with Gasteiger partial charge in [-0.05, 0) is 60.2 Å². The number of nitrogens with zero attached hydrogens (tertiary/aromatic N) is 5. The van der Waals surface area contributed by atoms with E-state index in [-0.39, 0.29) is 18.4 Å². The second-order valence-corrected chi connectivity index (χ2v) is 10.00. The van der Waals surface area contributed by atoms with E-state index in [1.807, 2.05) is 38.4 Å². The van der Waals surface area contributed by atoms with Gasteiger partial charge in [0.1, 0.15) is 17.4 Å². The first kappa shape index (κ1) is 24.9. The van der Waals surface area contributed by atoms with Gasteiger partial charge in [0.2, 0.25) is 0 Å². The maximum atomic E-state index is 12.0. The van der Waals surface area contributed by atoms with Crippen LogP contribution in [0.1, 0.15) is 59.1 Å². The number of benzene rings is 2. The highest BCUT2D eigenvalue weighted by molar-refractivity contribution is 5.80. The Balaban J connectivity index is 1.50. The van der Waals surface area contributed by atoms with Gasteiger partial charge in [0.25, 0.3) is 0 Å². The van der Waals surface area contributed by atoms with Crippen LogP contribution in [0.25, 0.3) is 11.0 Å². The first-order chi connectivity index (χ1) is 17.8. The summed E-state index contributed by atoms with van der Waals surface area (Å²) < 4.78 is 7.98. The molecule has 2 aromatic heterocycles. The molecule has 3 heterocycles. The number of fused-ring (bicyclic) bond motifs is 2. The first-order valence-electron chi connectivity index (χ1n) is 12.8. The summed E-state index contributed by atoms with van der Waals surface area (Å²) in [5.41, 5.74) is 8.20. The third-order valence-corrected chi connectivity index (χ3v) is 7.48. The number of aryl methyl sites for hydroxylation is 3. The number of ether oxygens (including phenoxy) is 1. The molecule has 5 rings (SSSR count). The Morgan fingerprint density at radius 3 is 2.84 bits per heavy atom. The molecule has 37 heavy (non-hydrogen) atoms. The van der Waals surface area contributed by atoms with Crippen LogP contribution < -0.4 is 4.74 Å². The van der Waals surface area contributed by atoms with Crippen LogP contribution in [-0.2, 0) is 24.9 Å². The molecule has 1 aliphatic heterocycles. The van der Waals surface area contributed by atoms with E-state index in [0.717, 1.165) is 65.1 Å². The van der Waals surface area contributed by atoms with Crippen molar-refractivity contribution in [2.45, 2.75) is 58.7 Å². The molecule has 0 aliphatic carbocycles. The summed E-state index contributed by atoms with van der Waals surface area (Å²) in [5, 5.41) is 18.3. The number of pyridine rings is 1. The van der Waals surface area contributed by atoms with Crippen LogP contribution in [0, 0.1) is 13.8 Å². The van der Waals surface area contributed by atoms with Crippen molar-refractivity contribution in [1.29, 1.82) is 0 Å². The number of rotatable bonds is 7. The largest absolute Gasteiger partial charge is 0.487 e. The Kier molecular flexibility index (Phi) is 6.93. The summed E-state index contributed by atoms with van der Waals surface area (Å²) in [4.78, 5) is 18.6. The van der Waals surface area contributed by atoms with Crippen molar-refractivity contribution in [3.05, 3.63) is 82.2 Å². The van der Waals surface area contributed by atoms with Crippen LogP contribution in [0.4, 0.5) is 0 Å². The fourth-order valence-corrected chi connectivity index (χ4v) is 5.32. The van der Waals surface area contributed by atoms with Crippen molar-refractivity contribution in [2.24, 2.45) is 7.05 Å². The molecule has 192 valence electrons. The van der Waals surface area contributed by atoms with Gasteiger partial charge in [0, 0.05) is 44.4 Å². The van der Waals surface area contributed by atoms with E-state index in [1.165, 1.54) is 11.1 Å². The van der Waals surface area contributed by atoms with E-state index in [4.69, 9.17) is 4.74 Å². The number of aromatic nitrogens is 4. The minimum absolute atomic E-state index is 0.00491. The molecule has 8 heteroatoms. The molecule has 2 unspecified atom stereocenters. The Morgan fingerprint density at radius 1 is 1.22 bits per heavy atom. The number of carbonyl (C=O) groups is 1. The predicted octanol–water partition coefficient (Wildman–Crippen LogP) is 4.76. The normalized spacial score (nSPS) is 16.7. The quantitative estimate of drug-likeness (QED) is 0.392. The van der Waals surface area contributed by atoms with Crippen molar-refractivity contribution >= 4 is 17.0 Å². The SMILES string of the molecule is CCC1CN(Cc2cc(C(CC(=O)O)c3ccc4c(nnn4C)c3C)ccc2C)Cc2ccncc2O1. The third-order valence-electron chi connectivity index (χ3n) is 7.48. The zero-order chi connectivity index (χ0) is 26.1. The second-order valence-electron chi connectivity index (χ2n) is 10.00. The minimum Gasteiger partial charge on any atom is -0.487 e. The van der Waals surface area contributed by atoms with Crippen LogP contribution in [0.2, 0.25) is 0 Å². The molecule has 0 saturated carbocycles. The van der Waals surface area contributed by atoms with Crippen molar-refractivity contribution in [3.8, 4) is 5.75 Å². The van der Waals surface area contributed by atoms with E-state index in [0.29, 0.717) is 0 Å². The smallest absolute Gasteiger partial charge is 0.304 e. The molecule has 4 aromatic rings. The van der Waals surface area contributed by atoms with Gasteiger partial charge in [-0.25, -0.2) is 4.68 Å². The lowest BCUT2D eigenvalue weighted by Gasteiger charge is -2.25. The Hall–Kier alpha value is -3.78. The summed E-state index contributed by atoms with van der Waals surface area (Å²) in [7, 11) is 1.86. The van der Waals surface area contributed by atoms with E-state index in [2.05, 4.69) is 52.2 Å². The molecule has 8 nitrogen and oxygen atoms in total. The van der Waals surface area contributed by atoms with Gasteiger partial charge in [-0.3, -0.25) is 14.7 Å². The minimum atomic E-state index is -0.827. The molecule has 1 aliphatic rings. The van der Waals surface area contributed by atoms with Crippen LogP contribution in [-0.4, -0.2) is 48.6 Å². The molecule has 0 fully saturated rings. The Bertz CT molecular complexity index is 1450. The molecule has 0 amide bonds. The monoisotopic (exact) mass is 499 g/mol. The van der Waals surface area contributed by atoms with E-state index >= 15 is 0 Å². The molecule has 0 radical (unpaired) electrons. The maximum Gasteiger partial charge on any atom is 0.304 e. The fraction of sp³-hybridized carbons (Fsp3) is 0.379. The molecule has 0 saturated heterocycles. The number of aliphatic carboxylic acids is 1. The molecule has 1 N–H and O–H groups in total. The lowest BCUT2D eigenvalue weighted by Crippen LogP contribution is -2.32. The van der Waals surface area contributed by atoms with Gasteiger partial charge in [-0.1, -0.05) is 36.4 Å². The van der Waals surface area contributed by atoms with Crippen molar-refractivity contribution in [1.82, 2.24) is 24.9 Å². The van der Waals surface area contributed by atoms with Crippen molar-refractivity contribution in [3.63, 3.8) is 0 Å². The molecular formula is C29H33N5O3.